The van der Waals surface area contributed by atoms with E-state index in [1.165, 1.54) is 17.7 Å². The molecule has 1 aliphatic carbocycles. The van der Waals surface area contributed by atoms with E-state index in [-0.39, 0.29) is 4.90 Å². The normalized spacial score (nSPS) is 13.9. The Bertz CT molecular complexity index is 859. The van der Waals surface area contributed by atoms with Crippen LogP contribution in [-0.4, -0.2) is 19.3 Å². The van der Waals surface area contributed by atoms with Crippen LogP contribution >= 0.6 is 0 Å². The molecule has 118 valence electrons. The standard InChI is InChI=1S/C17H16N2O3S/c20-17(7-4-13-8-10-18-11-9-13)19-23(21,22)16-6-5-14-2-1-3-15(14)12-16/h4-12H,1-3H2,(H,19,20)/b7-4-. The Morgan fingerprint density at radius 3 is 2.61 bits per heavy atom. The SMILES string of the molecule is O=C(/C=C\c1ccncc1)NS(=O)(=O)c1ccc2c(c1)CCC2. The van der Waals surface area contributed by atoms with Crippen molar-refractivity contribution >= 4 is 22.0 Å². The minimum atomic E-state index is -3.85. The monoisotopic (exact) mass is 328 g/mol. The van der Waals surface area contributed by atoms with Gasteiger partial charge < -0.3 is 0 Å². The fraction of sp³-hybridized carbons (Fsp3) is 0.176. The second-order valence-corrected chi connectivity index (χ2v) is 7.05. The van der Waals surface area contributed by atoms with E-state index >= 15 is 0 Å². The van der Waals surface area contributed by atoms with Crippen LogP contribution in [0.3, 0.4) is 0 Å². The van der Waals surface area contributed by atoms with Gasteiger partial charge in [-0.2, -0.15) is 0 Å². The molecular formula is C17H16N2O3S. The Morgan fingerprint density at radius 1 is 1.09 bits per heavy atom. The summed E-state index contributed by atoms with van der Waals surface area (Å²) in [6.07, 6.45) is 8.83. The average Bonchev–Trinajstić information content (AvgIpc) is 3.01. The Labute approximate surface area is 135 Å². The van der Waals surface area contributed by atoms with Crippen LogP contribution < -0.4 is 4.72 Å². The van der Waals surface area contributed by atoms with Crippen molar-refractivity contribution in [3.05, 3.63) is 65.5 Å². The van der Waals surface area contributed by atoms with E-state index in [4.69, 9.17) is 0 Å². The number of aromatic nitrogens is 1. The number of hydrogen-bond donors (Lipinski definition) is 1. The summed E-state index contributed by atoms with van der Waals surface area (Å²) in [7, 11) is -3.85. The highest BCUT2D eigenvalue weighted by Gasteiger charge is 2.19. The molecule has 23 heavy (non-hydrogen) atoms. The maximum Gasteiger partial charge on any atom is 0.264 e. The van der Waals surface area contributed by atoms with Gasteiger partial charge in [0.05, 0.1) is 4.90 Å². The number of nitrogens with one attached hydrogen (secondary N) is 1. The van der Waals surface area contributed by atoms with Gasteiger partial charge in [0.1, 0.15) is 0 Å². The Morgan fingerprint density at radius 2 is 1.83 bits per heavy atom. The summed E-state index contributed by atoms with van der Waals surface area (Å²) in [5.41, 5.74) is 3.01. The molecule has 6 heteroatoms. The topological polar surface area (TPSA) is 76.1 Å². The molecule has 5 nitrogen and oxygen atoms in total. The lowest BCUT2D eigenvalue weighted by atomic mass is 10.1. The van der Waals surface area contributed by atoms with Gasteiger partial charge >= 0.3 is 0 Å². The van der Waals surface area contributed by atoms with Crippen molar-refractivity contribution in [1.29, 1.82) is 0 Å². The van der Waals surface area contributed by atoms with Crippen LogP contribution in [0.15, 0.2) is 53.7 Å². The third kappa shape index (κ3) is 3.65. The van der Waals surface area contributed by atoms with Crippen LogP contribution in [0.5, 0.6) is 0 Å². The van der Waals surface area contributed by atoms with Gasteiger partial charge in [0.2, 0.25) is 0 Å². The number of fused-ring (bicyclic) bond motifs is 1. The third-order valence-corrected chi connectivity index (χ3v) is 5.09. The number of amides is 1. The van der Waals surface area contributed by atoms with Crippen LogP contribution in [0.2, 0.25) is 0 Å². The number of carbonyl (C=O) groups excluding carboxylic acids is 1. The molecule has 0 aliphatic heterocycles. The van der Waals surface area contributed by atoms with Crippen LogP contribution in [0.25, 0.3) is 6.08 Å². The zero-order valence-corrected chi connectivity index (χ0v) is 13.2. The number of hydrogen-bond acceptors (Lipinski definition) is 4. The molecule has 1 aromatic carbocycles. The molecule has 0 spiro atoms. The molecule has 3 rings (SSSR count). The number of pyridine rings is 1. The number of aryl methyl sites for hydroxylation is 2. The maximum atomic E-state index is 12.3. The van der Waals surface area contributed by atoms with Gasteiger partial charge in [0.15, 0.2) is 0 Å². The minimum absolute atomic E-state index is 0.129. The first-order valence-corrected chi connectivity index (χ1v) is 8.80. The van der Waals surface area contributed by atoms with Crippen molar-refractivity contribution in [2.75, 3.05) is 0 Å². The summed E-state index contributed by atoms with van der Waals surface area (Å²) in [6.45, 7) is 0. The highest BCUT2D eigenvalue weighted by molar-refractivity contribution is 7.90. The fourth-order valence-electron chi connectivity index (χ4n) is 2.59. The lowest BCUT2D eigenvalue weighted by Gasteiger charge is -2.07. The van der Waals surface area contributed by atoms with Crippen LogP contribution in [-0.2, 0) is 27.7 Å². The predicted octanol–water partition coefficient (Wildman–Crippen LogP) is 2.09. The number of rotatable bonds is 4. The highest BCUT2D eigenvalue weighted by atomic mass is 32.2. The van der Waals surface area contributed by atoms with Gasteiger partial charge in [-0.05, 0) is 66.3 Å². The van der Waals surface area contributed by atoms with E-state index in [1.807, 2.05) is 6.07 Å². The average molecular weight is 328 g/mol. The van der Waals surface area contributed by atoms with Gasteiger partial charge in [-0.1, -0.05) is 6.07 Å². The molecule has 2 aromatic rings. The predicted molar refractivity (Wildman–Crippen MR) is 87.1 cm³/mol. The molecule has 1 aliphatic rings. The molecule has 1 amide bonds. The number of nitrogens with zero attached hydrogens (tertiary/aromatic N) is 1. The van der Waals surface area contributed by atoms with Crippen molar-refractivity contribution < 1.29 is 13.2 Å². The van der Waals surface area contributed by atoms with Crippen LogP contribution in [0.1, 0.15) is 23.1 Å². The molecule has 0 saturated heterocycles. The zero-order valence-electron chi connectivity index (χ0n) is 12.4. The van der Waals surface area contributed by atoms with Gasteiger partial charge in [-0.25, -0.2) is 13.1 Å². The van der Waals surface area contributed by atoms with Crippen molar-refractivity contribution in [3.8, 4) is 0 Å². The van der Waals surface area contributed by atoms with E-state index in [0.717, 1.165) is 30.4 Å². The molecule has 0 bridgehead atoms. The second kappa shape index (κ2) is 6.34. The summed E-state index contributed by atoms with van der Waals surface area (Å²) in [5.74, 6) is -0.678. The first-order chi connectivity index (χ1) is 11.0. The van der Waals surface area contributed by atoms with Gasteiger partial charge in [-0.15, -0.1) is 0 Å². The van der Waals surface area contributed by atoms with Crippen LogP contribution in [0, 0.1) is 0 Å². The fourth-order valence-corrected chi connectivity index (χ4v) is 3.58. The van der Waals surface area contributed by atoms with Crippen molar-refractivity contribution in [3.63, 3.8) is 0 Å². The summed E-state index contributed by atoms with van der Waals surface area (Å²) >= 11 is 0. The molecule has 1 aromatic heterocycles. The van der Waals surface area contributed by atoms with Gasteiger partial charge in [0, 0.05) is 18.5 Å². The summed E-state index contributed by atoms with van der Waals surface area (Å²) < 4.78 is 26.6. The lowest BCUT2D eigenvalue weighted by Crippen LogP contribution is -2.29. The summed E-state index contributed by atoms with van der Waals surface area (Å²) in [4.78, 5) is 15.8. The molecule has 0 fully saturated rings. The Balaban J connectivity index is 1.73. The van der Waals surface area contributed by atoms with E-state index in [0.29, 0.717) is 0 Å². The molecular weight excluding hydrogens is 312 g/mol. The third-order valence-electron chi connectivity index (χ3n) is 3.75. The van der Waals surface area contributed by atoms with Crippen molar-refractivity contribution in [2.45, 2.75) is 24.2 Å². The molecule has 0 saturated carbocycles. The molecule has 0 atom stereocenters. The minimum Gasteiger partial charge on any atom is -0.269 e. The summed E-state index contributed by atoms with van der Waals surface area (Å²) in [6, 6.07) is 8.47. The molecule has 0 radical (unpaired) electrons. The highest BCUT2D eigenvalue weighted by Crippen LogP contribution is 2.24. The molecule has 1 N–H and O–H groups in total. The first kappa shape index (κ1) is 15.4. The van der Waals surface area contributed by atoms with E-state index in [1.54, 1.807) is 36.7 Å². The van der Waals surface area contributed by atoms with Crippen molar-refractivity contribution in [1.82, 2.24) is 9.71 Å². The number of sulfonamides is 1. The van der Waals surface area contributed by atoms with Gasteiger partial charge in [-0.3, -0.25) is 9.78 Å². The van der Waals surface area contributed by atoms with E-state index in [2.05, 4.69) is 9.71 Å². The van der Waals surface area contributed by atoms with E-state index in [9.17, 15) is 13.2 Å². The Kier molecular flexibility index (Phi) is 4.25. The number of carbonyl (C=O) groups is 1. The van der Waals surface area contributed by atoms with Gasteiger partial charge in [0.25, 0.3) is 15.9 Å². The quantitative estimate of drug-likeness (QED) is 0.872. The number of benzene rings is 1. The first-order valence-electron chi connectivity index (χ1n) is 7.31. The smallest absolute Gasteiger partial charge is 0.264 e. The largest absolute Gasteiger partial charge is 0.269 e. The molecule has 1 heterocycles. The Hall–Kier alpha value is -2.47. The maximum absolute atomic E-state index is 12.3. The van der Waals surface area contributed by atoms with E-state index < -0.39 is 15.9 Å². The molecule has 0 unspecified atom stereocenters. The second-order valence-electron chi connectivity index (χ2n) is 5.37. The van der Waals surface area contributed by atoms with Crippen LogP contribution in [0.4, 0.5) is 0 Å². The lowest BCUT2D eigenvalue weighted by molar-refractivity contribution is -0.114. The van der Waals surface area contributed by atoms with Crippen molar-refractivity contribution in [2.24, 2.45) is 0 Å². The zero-order chi connectivity index (χ0) is 16.3. The summed E-state index contributed by atoms with van der Waals surface area (Å²) in [5, 5.41) is 0.